The summed E-state index contributed by atoms with van der Waals surface area (Å²) in [6, 6.07) is -4.73. The van der Waals surface area contributed by atoms with Gasteiger partial charge in [-0.2, -0.15) is 0 Å². The van der Waals surface area contributed by atoms with E-state index in [9.17, 15) is 33.9 Å². The highest BCUT2D eigenvalue weighted by Gasteiger charge is 2.38. The number of likely N-dealkylation sites (tertiary alicyclic amines) is 1. The minimum absolute atomic E-state index is 0.213. The Labute approximate surface area is 191 Å². The van der Waals surface area contributed by atoms with Crippen LogP contribution >= 0.6 is 0 Å². The Kier molecular flexibility index (Phi) is 10.7. The molecule has 0 radical (unpaired) electrons. The molecule has 1 aliphatic heterocycles. The van der Waals surface area contributed by atoms with Gasteiger partial charge in [-0.05, 0) is 25.2 Å². The molecule has 186 valence electrons. The van der Waals surface area contributed by atoms with E-state index in [0.717, 1.165) is 0 Å². The molecule has 0 aromatic rings. The summed E-state index contributed by atoms with van der Waals surface area (Å²) in [5, 5.41) is 23.2. The Morgan fingerprint density at radius 2 is 1.76 bits per heavy atom. The molecule has 0 aromatic carbocycles. The van der Waals surface area contributed by atoms with Crippen LogP contribution in [0, 0.1) is 5.92 Å². The molecule has 0 saturated carbocycles. The molecular weight excluding hydrogens is 438 g/mol. The maximum atomic E-state index is 12.9. The van der Waals surface area contributed by atoms with Crippen LogP contribution in [0.4, 0.5) is 0 Å². The fourth-order valence-corrected chi connectivity index (χ4v) is 3.56. The van der Waals surface area contributed by atoms with E-state index in [1.165, 1.54) is 4.90 Å². The summed E-state index contributed by atoms with van der Waals surface area (Å²) in [4.78, 5) is 73.0. The van der Waals surface area contributed by atoms with Crippen molar-refractivity contribution in [2.24, 2.45) is 17.4 Å². The van der Waals surface area contributed by atoms with E-state index in [-0.39, 0.29) is 25.8 Å². The van der Waals surface area contributed by atoms with Crippen LogP contribution in [0.2, 0.25) is 0 Å². The minimum Gasteiger partial charge on any atom is -0.481 e. The summed E-state index contributed by atoms with van der Waals surface area (Å²) in [5.41, 5.74) is 10.8. The lowest BCUT2D eigenvalue weighted by molar-refractivity contribution is -0.145. The van der Waals surface area contributed by atoms with E-state index in [1.54, 1.807) is 13.8 Å². The summed E-state index contributed by atoms with van der Waals surface area (Å²) < 4.78 is 0. The zero-order valence-corrected chi connectivity index (χ0v) is 18.8. The number of carbonyl (C=O) groups is 6. The zero-order valence-electron chi connectivity index (χ0n) is 18.8. The molecule has 1 aliphatic rings. The molecule has 5 atom stereocenters. The van der Waals surface area contributed by atoms with Gasteiger partial charge in [0.25, 0.3) is 0 Å². The molecule has 5 unspecified atom stereocenters. The number of carbonyl (C=O) groups excluding carboxylic acids is 4. The average molecular weight is 472 g/mol. The fraction of sp³-hybridized carbons (Fsp3) is 0.700. The van der Waals surface area contributed by atoms with Crippen LogP contribution in [-0.4, -0.2) is 81.4 Å². The largest absolute Gasteiger partial charge is 0.481 e. The van der Waals surface area contributed by atoms with Gasteiger partial charge in [-0.1, -0.05) is 20.3 Å². The number of nitrogens with one attached hydrogen (secondary N) is 2. The highest BCUT2D eigenvalue weighted by atomic mass is 16.4. The first kappa shape index (κ1) is 27.8. The normalized spacial score (nSPS) is 19.1. The van der Waals surface area contributed by atoms with Gasteiger partial charge >= 0.3 is 11.9 Å². The van der Waals surface area contributed by atoms with Crippen LogP contribution in [0.15, 0.2) is 0 Å². The Balaban J connectivity index is 2.97. The predicted molar refractivity (Wildman–Crippen MR) is 114 cm³/mol. The van der Waals surface area contributed by atoms with Gasteiger partial charge in [-0.3, -0.25) is 24.0 Å². The topological polar surface area (TPSA) is 222 Å². The summed E-state index contributed by atoms with van der Waals surface area (Å²) in [5.74, 6) is -5.80. The maximum Gasteiger partial charge on any atom is 0.326 e. The lowest BCUT2D eigenvalue weighted by atomic mass is 9.98. The van der Waals surface area contributed by atoms with Crippen LogP contribution in [0.5, 0.6) is 0 Å². The first-order chi connectivity index (χ1) is 15.4. The van der Waals surface area contributed by atoms with Gasteiger partial charge in [-0.15, -0.1) is 0 Å². The predicted octanol–water partition coefficient (Wildman–Crippen LogP) is -1.85. The SMILES string of the molecule is CCC(C)C(NC(=O)C(CCC(=O)O)NC(=O)C1CCCN1C(=O)C(N)CC(N)=O)C(=O)O. The van der Waals surface area contributed by atoms with Crippen molar-refractivity contribution in [2.45, 2.75) is 76.5 Å². The van der Waals surface area contributed by atoms with Gasteiger partial charge < -0.3 is 37.2 Å². The number of nitrogens with zero attached hydrogens (tertiary/aromatic N) is 1. The van der Waals surface area contributed by atoms with E-state index < -0.39 is 72.1 Å². The van der Waals surface area contributed by atoms with Gasteiger partial charge in [0.2, 0.25) is 23.6 Å². The maximum absolute atomic E-state index is 12.9. The van der Waals surface area contributed by atoms with Gasteiger partial charge in [-0.25, -0.2) is 4.79 Å². The Morgan fingerprint density at radius 3 is 2.27 bits per heavy atom. The molecule has 13 nitrogen and oxygen atoms in total. The molecular formula is C20H33N5O8. The Bertz CT molecular complexity index is 774. The van der Waals surface area contributed by atoms with Gasteiger partial charge in [0.05, 0.1) is 12.5 Å². The number of primary amides is 1. The third kappa shape index (κ3) is 8.33. The monoisotopic (exact) mass is 471 g/mol. The number of hydrogen-bond donors (Lipinski definition) is 6. The first-order valence-corrected chi connectivity index (χ1v) is 10.8. The van der Waals surface area contributed by atoms with Gasteiger partial charge in [0.1, 0.15) is 18.1 Å². The van der Waals surface area contributed by atoms with E-state index in [1.807, 2.05) is 0 Å². The van der Waals surface area contributed by atoms with Crippen molar-refractivity contribution in [1.29, 1.82) is 0 Å². The van der Waals surface area contributed by atoms with Crippen LogP contribution in [-0.2, 0) is 28.8 Å². The lowest BCUT2D eigenvalue weighted by Gasteiger charge is -2.29. The number of rotatable bonds is 13. The van der Waals surface area contributed by atoms with E-state index >= 15 is 0 Å². The highest BCUT2D eigenvalue weighted by molar-refractivity contribution is 5.95. The van der Waals surface area contributed by atoms with E-state index in [2.05, 4.69) is 10.6 Å². The summed E-state index contributed by atoms with van der Waals surface area (Å²) in [6.07, 6.45) is 0.110. The van der Waals surface area contributed by atoms with Gasteiger partial charge in [0.15, 0.2) is 0 Å². The van der Waals surface area contributed by atoms with Crippen molar-refractivity contribution in [3.8, 4) is 0 Å². The number of amides is 4. The van der Waals surface area contributed by atoms with Crippen LogP contribution in [0.1, 0.15) is 52.4 Å². The molecule has 1 rings (SSSR count). The Hall–Kier alpha value is -3.22. The van der Waals surface area contributed by atoms with Crippen molar-refractivity contribution >= 4 is 35.6 Å². The van der Waals surface area contributed by atoms with Crippen LogP contribution in [0.25, 0.3) is 0 Å². The Morgan fingerprint density at radius 1 is 1.12 bits per heavy atom. The number of aliphatic carboxylic acids is 2. The standard InChI is InChI=1S/C20H33N5O8/c1-3-10(2)16(20(32)33)24-17(29)12(6-7-15(27)28)23-18(30)13-5-4-8-25(13)19(31)11(21)9-14(22)26/h10-13,16H,3-9,21H2,1-2H3,(H2,22,26)(H,23,30)(H,24,29)(H,27,28)(H,32,33). The number of carboxylic acid groups (broad SMARTS) is 2. The van der Waals surface area contributed by atoms with Crippen molar-refractivity contribution in [3.05, 3.63) is 0 Å². The molecule has 4 amide bonds. The molecule has 33 heavy (non-hydrogen) atoms. The average Bonchev–Trinajstić information content (AvgIpc) is 3.22. The van der Waals surface area contributed by atoms with E-state index in [4.69, 9.17) is 16.6 Å². The van der Waals surface area contributed by atoms with Crippen molar-refractivity contribution < 1.29 is 39.0 Å². The molecule has 1 saturated heterocycles. The molecule has 1 fully saturated rings. The smallest absolute Gasteiger partial charge is 0.326 e. The second-order valence-electron chi connectivity index (χ2n) is 8.17. The quantitative estimate of drug-likeness (QED) is 0.177. The van der Waals surface area contributed by atoms with Gasteiger partial charge in [0, 0.05) is 13.0 Å². The molecule has 0 bridgehead atoms. The first-order valence-electron chi connectivity index (χ1n) is 10.8. The third-order valence-electron chi connectivity index (χ3n) is 5.63. The van der Waals surface area contributed by atoms with Crippen LogP contribution < -0.4 is 22.1 Å². The highest BCUT2D eigenvalue weighted by Crippen LogP contribution is 2.19. The second kappa shape index (κ2) is 12.7. The summed E-state index contributed by atoms with van der Waals surface area (Å²) >= 11 is 0. The van der Waals surface area contributed by atoms with Crippen molar-refractivity contribution in [2.75, 3.05) is 6.54 Å². The van der Waals surface area contributed by atoms with Crippen molar-refractivity contribution in [3.63, 3.8) is 0 Å². The molecule has 1 heterocycles. The lowest BCUT2D eigenvalue weighted by Crippen LogP contribution is -2.57. The third-order valence-corrected chi connectivity index (χ3v) is 5.63. The summed E-state index contributed by atoms with van der Waals surface area (Å²) in [6.45, 7) is 3.61. The number of carboxylic acids is 2. The fourth-order valence-electron chi connectivity index (χ4n) is 3.56. The molecule has 0 aliphatic carbocycles. The number of nitrogens with two attached hydrogens (primary N) is 2. The molecule has 8 N–H and O–H groups in total. The molecule has 0 aromatic heterocycles. The van der Waals surface area contributed by atoms with Crippen LogP contribution in [0.3, 0.4) is 0 Å². The minimum atomic E-state index is -1.32. The molecule has 13 heteroatoms. The molecule has 0 spiro atoms. The second-order valence-corrected chi connectivity index (χ2v) is 8.17. The summed E-state index contributed by atoms with van der Waals surface area (Å²) in [7, 11) is 0. The van der Waals surface area contributed by atoms with Crippen molar-refractivity contribution in [1.82, 2.24) is 15.5 Å². The zero-order chi connectivity index (χ0) is 25.3. The number of hydrogen-bond acceptors (Lipinski definition) is 7. The van der Waals surface area contributed by atoms with E-state index in [0.29, 0.717) is 12.8 Å².